The minimum Gasteiger partial charge on any atom is -0.467 e. The van der Waals surface area contributed by atoms with Crippen molar-refractivity contribution in [3.05, 3.63) is 23.7 Å². The van der Waals surface area contributed by atoms with Gasteiger partial charge in [-0.15, -0.1) is 12.4 Å². The number of carbonyl (C=O) groups is 1. The fourth-order valence-electron chi connectivity index (χ4n) is 1.10. The molecular formula is C9H13ClN2O2. The van der Waals surface area contributed by atoms with Crippen molar-refractivity contribution >= 4 is 18.3 Å². The summed E-state index contributed by atoms with van der Waals surface area (Å²) in [4.78, 5) is 11.4. The lowest BCUT2D eigenvalue weighted by Gasteiger charge is -1.97. The first-order valence-corrected chi connectivity index (χ1v) is 4.38. The van der Waals surface area contributed by atoms with Crippen molar-refractivity contribution in [3.8, 4) is 0 Å². The average molecular weight is 217 g/mol. The number of hydrogen-bond donors (Lipinski definition) is 2. The molecule has 0 unspecified atom stereocenters. The van der Waals surface area contributed by atoms with Crippen molar-refractivity contribution in [3.63, 3.8) is 0 Å². The van der Waals surface area contributed by atoms with E-state index in [1.54, 1.807) is 6.07 Å². The molecule has 1 fully saturated rings. The number of nitrogens with one attached hydrogen (secondary N) is 1. The second-order valence-electron chi connectivity index (χ2n) is 3.25. The van der Waals surface area contributed by atoms with Crippen molar-refractivity contribution in [1.29, 1.82) is 0 Å². The maximum Gasteiger partial charge on any atom is 0.254 e. The zero-order valence-corrected chi connectivity index (χ0v) is 8.47. The van der Waals surface area contributed by atoms with Gasteiger partial charge in [0.2, 0.25) is 0 Å². The third-order valence-electron chi connectivity index (χ3n) is 2.03. The Morgan fingerprint density at radius 1 is 1.64 bits per heavy atom. The fraction of sp³-hybridized carbons (Fsp3) is 0.444. The molecule has 0 radical (unpaired) electrons. The first-order valence-electron chi connectivity index (χ1n) is 4.38. The topological polar surface area (TPSA) is 68.3 Å². The van der Waals surface area contributed by atoms with Gasteiger partial charge in [0, 0.05) is 6.04 Å². The lowest BCUT2D eigenvalue weighted by molar-refractivity contribution is 0.0950. The maximum absolute atomic E-state index is 11.4. The Bertz CT molecular complexity index is 320. The minimum absolute atomic E-state index is 0. The van der Waals surface area contributed by atoms with E-state index in [0.29, 0.717) is 23.9 Å². The molecule has 1 aliphatic carbocycles. The van der Waals surface area contributed by atoms with Crippen molar-refractivity contribution in [2.24, 2.45) is 5.73 Å². The molecule has 0 bridgehead atoms. The van der Waals surface area contributed by atoms with Crippen LogP contribution in [0.25, 0.3) is 0 Å². The Balaban J connectivity index is 0.000000980. The Labute approximate surface area is 88.2 Å². The second kappa shape index (κ2) is 4.48. The van der Waals surface area contributed by atoms with Gasteiger partial charge in [-0.25, -0.2) is 0 Å². The van der Waals surface area contributed by atoms with Gasteiger partial charge >= 0.3 is 0 Å². The maximum atomic E-state index is 11.4. The van der Waals surface area contributed by atoms with Gasteiger partial charge in [-0.2, -0.15) is 0 Å². The van der Waals surface area contributed by atoms with Crippen LogP contribution in [-0.2, 0) is 6.54 Å². The van der Waals surface area contributed by atoms with Crippen LogP contribution in [0.4, 0.5) is 0 Å². The Kier molecular flexibility index (Phi) is 3.55. The van der Waals surface area contributed by atoms with E-state index >= 15 is 0 Å². The molecule has 1 aromatic heterocycles. The smallest absolute Gasteiger partial charge is 0.254 e. The number of nitrogens with two attached hydrogens (primary N) is 1. The highest BCUT2D eigenvalue weighted by atomic mass is 35.5. The molecule has 4 nitrogen and oxygen atoms in total. The van der Waals surface area contributed by atoms with Crippen LogP contribution in [0.15, 0.2) is 16.7 Å². The molecule has 1 aliphatic rings. The van der Waals surface area contributed by atoms with Crippen LogP contribution < -0.4 is 11.1 Å². The largest absolute Gasteiger partial charge is 0.467 e. The minimum atomic E-state index is -0.0639. The summed E-state index contributed by atoms with van der Waals surface area (Å²) in [5.74, 6) is 0.576. The van der Waals surface area contributed by atoms with Gasteiger partial charge in [0.1, 0.15) is 12.0 Å². The summed E-state index contributed by atoms with van der Waals surface area (Å²) in [5, 5.41) is 2.87. The van der Waals surface area contributed by atoms with Gasteiger partial charge < -0.3 is 15.5 Å². The molecule has 1 saturated carbocycles. The van der Waals surface area contributed by atoms with Crippen LogP contribution in [0.2, 0.25) is 0 Å². The van der Waals surface area contributed by atoms with E-state index in [4.69, 9.17) is 10.2 Å². The normalized spacial score (nSPS) is 14.6. The highest BCUT2D eigenvalue weighted by Crippen LogP contribution is 2.19. The van der Waals surface area contributed by atoms with E-state index in [2.05, 4.69) is 5.32 Å². The number of hydrogen-bond acceptors (Lipinski definition) is 3. The number of amides is 1. The first-order chi connectivity index (χ1) is 6.29. The van der Waals surface area contributed by atoms with Crippen LogP contribution >= 0.6 is 12.4 Å². The van der Waals surface area contributed by atoms with Crippen molar-refractivity contribution in [1.82, 2.24) is 5.32 Å². The lowest BCUT2D eigenvalue weighted by atomic mass is 10.3. The number of furan rings is 1. The van der Waals surface area contributed by atoms with Gasteiger partial charge in [-0.3, -0.25) is 4.79 Å². The van der Waals surface area contributed by atoms with E-state index < -0.39 is 0 Å². The highest BCUT2D eigenvalue weighted by molar-refractivity contribution is 5.94. The molecule has 0 atom stereocenters. The summed E-state index contributed by atoms with van der Waals surface area (Å²) in [7, 11) is 0. The van der Waals surface area contributed by atoms with Crippen molar-refractivity contribution < 1.29 is 9.21 Å². The Hall–Kier alpha value is -1.00. The van der Waals surface area contributed by atoms with Gasteiger partial charge in [0.05, 0.1) is 12.1 Å². The fourth-order valence-corrected chi connectivity index (χ4v) is 1.10. The van der Waals surface area contributed by atoms with E-state index in [1.807, 2.05) is 0 Å². The van der Waals surface area contributed by atoms with Crippen LogP contribution in [-0.4, -0.2) is 11.9 Å². The Morgan fingerprint density at radius 2 is 2.36 bits per heavy atom. The van der Waals surface area contributed by atoms with Gasteiger partial charge in [0.25, 0.3) is 5.91 Å². The second-order valence-corrected chi connectivity index (χ2v) is 3.25. The van der Waals surface area contributed by atoms with Crippen LogP contribution in [0.5, 0.6) is 0 Å². The molecular weight excluding hydrogens is 204 g/mol. The summed E-state index contributed by atoms with van der Waals surface area (Å²) in [6.45, 7) is 0.330. The quantitative estimate of drug-likeness (QED) is 0.794. The molecule has 5 heteroatoms. The highest BCUT2D eigenvalue weighted by Gasteiger charge is 2.24. The zero-order chi connectivity index (χ0) is 9.26. The third kappa shape index (κ3) is 2.49. The standard InChI is InChI=1S/C9H12N2O2.ClH/c10-4-8-3-6(5-13-8)9(12)11-7-1-2-7;/h3,5,7H,1-2,4,10H2,(H,11,12);1H. The molecule has 1 amide bonds. The van der Waals surface area contributed by atoms with E-state index in [0.717, 1.165) is 12.8 Å². The predicted molar refractivity (Wildman–Crippen MR) is 54.3 cm³/mol. The summed E-state index contributed by atoms with van der Waals surface area (Å²) in [5.41, 5.74) is 5.91. The molecule has 0 aromatic carbocycles. The van der Waals surface area contributed by atoms with Crippen LogP contribution in [0.1, 0.15) is 29.0 Å². The van der Waals surface area contributed by atoms with Gasteiger partial charge in [-0.1, -0.05) is 0 Å². The third-order valence-corrected chi connectivity index (χ3v) is 2.03. The zero-order valence-electron chi connectivity index (χ0n) is 7.66. The SMILES string of the molecule is Cl.NCc1cc(C(=O)NC2CC2)co1. The number of rotatable bonds is 3. The predicted octanol–water partition coefficient (Wildman–Crippen LogP) is 1.05. The monoisotopic (exact) mass is 216 g/mol. The molecule has 14 heavy (non-hydrogen) atoms. The van der Waals surface area contributed by atoms with E-state index in [1.165, 1.54) is 6.26 Å². The molecule has 0 aliphatic heterocycles. The van der Waals surface area contributed by atoms with Crippen molar-refractivity contribution in [2.75, 3.05) is 0 Å². The average Bonchev–Trinajstić information content (AvgIpc) is 2.82. The molecule has 3 N–H and O–H groups in total. The summed E-state index contributed by atoms with van der Waals surface area (Å²) in [6, 6.07) is 2.06. The molecule has 0 spiro atoms. The summed E-state index contributed by atoms with van der Waals surface area (Å²) >= 11 is 0. The van der Waals surface area contributed by atoms with Gasteiger partial charge in [-0.05, 0) is 18.9 Å². The number of carbonyl (C=O) groups excluding carboxylic acids is 1. The van der Waals surface area contributed by atoms with E-state index in [9.17, 15) is 4.79 Å². The number of halogens is 1. The Morgan fingerprint density at radius 3 is 2.86 bits per heavy atom. The van der Waals surface area contributed by atoms with Crippen molar-refractivity contribution in [2.45, 2.75) is 25.4 Å². The van der Waals surface area contributed by atoms with Gasteiger partial charge in [0.15, 0.2) is 0 Å². The molecule has 2 rings (SSSR count). The lowest BCUT2D eigenvalue weighted by Crippen LogP contribution is -2.24. The molecule has 0 saturated heterocycles. The van der Waals surface area contributed by atoms with E-state index in [-0.39, 0.29) is 18.3 Å². The molecule has 1 heterocycles. The van der Waals surface area contributed by atoms with Crippen LogP contribution in [0, 0.1) is 0 Å². The summed E-state index contributed by atoms with van der Waals surface area (Å²) < 4.78 is 5.05. The van der Waals surface area contributed by atoms with Crippen LogP contribution in [0.3, 0.4) is 0 Å². The molecule has 1 aromatic rings. The molecule has 78 valence electrons. The first kappa shape index (κ1) is 11.1. The summed E-state index contributed by atoms with van der Waals surface area (Å²) in [6.07, 6.45) is 3.63.